The second-order valence-electron chi connectivity index (χ2n) is 15.3. The molecule has 3 amide bonds. The number of piperidine rings is 2. The highest BCUT2D eigenvalue weighted by Crippen LogP contribution is 2.34. The highest BCUT2D eigenvalue weighted by Gasteiger charge is 2.29. The number of aldehydes is 1. The number of likely N-dealkylation sites (tertiary alicyclic amines) is 1. The fourth-order valence-electron chi connectivity index (χ4n) is 8.14. The van der Waals surface area contributed by atoms with Gasteiger partial charge in [0.05, 0.1) is 25.3 Å². The third kappa shape index (κ3) is 11.0. The van der Waals surface area contributed by atoms with Gasteiger partial charge in [-0.05, 0) is 112 Å². The number of nitrogens with zero attached hydrogens (tertiary/aromatic N) is 4. The zero-order chi connectivity index (χ0) is 41.0. The third-order valence-corrected chi connectivity index (χ3v) is 12.2. The number of imide groups is 1. The Bertz CT molecular complexity index is 1860. The number of anilines is 3. The van der Waals surface area contributed by atoms with Gasteiger partial charge in [0.1, 0.15) is 6.04 Å². The molecule has 58 heavy (non-hydrogen) atoms. The van der Waals surface area contributed by atoms with Gasteiger partial charge in [-0.1, -0.05) is 6.07 Å². The molecule has 0 aliphatic carbocycles. The molecule has 2 atom stereocenters. The number of hydrogen-bond acceptors (Lipinski definition) is 12. The summed E-state index contributed by atoms with van der Waals surface area (Å²) in [6, 6.07) is 18.8. The Balaban J connectivity index is 0.945. The molecule has 3 aliphatic heterocycles. The van der Waals surface area contributed by atoms with E-state index in [4.69, 9.17) is 9.47 Å². The number of nitrogens with one attached hydrogen (secondary N) is 3. The van der Waals surface area contributed by atoms with Crippen LogP contribution in [-0.4, -0.2) is 136 Å². The Labute approximate surface area is 347 Å². The minimum absolute atomic E-state index is 0.187. The molecule has 13 nitrogen and oxygen atoms in total. The van der Waals surface area contributed by atoms with Crippen molar-refractivity contribution in [3.05, 3.63) is 77.4 Å². The molecule has 0 spiro atoms. The average molecular weight is 814 g/mol. The Morgan fingerprint density at radius 1 is 0.948 bits per heavy atom. The largest absolute Gasteiger partial charge is 0.493 e. The molecule has 0 aromatic heterocycles. The minimum Gasteiger partial charge on any atom is -0.493 e. The molecule has 0 saturated carbocycles. The molecule has 3 aromatic carbocycles. The molecule has 3 N–H and O–H groups in total. The lowest BCUT2D eigenvalue weighted by Gasteiger charge is -2.39. The third-order valence-electron chi connectivity index (χ3n) is 11.6. The summed E-state index contributed by atoms with van der Waals surface area (Å²) in [7, 11) is 3.42. The topological polar surface area (TPSA) is 136 Å². The van der Waals surface area contributed by atoms with Crippen LogP contribution in [0.2, 0.25) is 0 Å². The van der Waals surface area contributed by atoms with Crippen LogP contribution in [0.3, 0.4) is 0 Å². The summed E-state index contributed by atoms with van der Waals surface area (Å²) in [4.78, 5) is 59.0. The van der Waals surface area contributed by atoms with E-state index in [9.17, 15) is 19.2 Å². The zero-order valence-corrected chi connectivity index (χ0v) is 35.2. The predicted octanol–water partition coefficient (Wildman–Crippen LogP) is 5.25. The molecule has 2 unspecified atom stereocenters. The molecular weight excluding hydrogens is 755 g/mol. The smallest absolute Gasteiger partial charge is 0.254 e. The van der Waals surface area contributed by atoms with Gasteiger partial charge in [-0.15, -0.1) is 0 Å². The highest BCUT2D eigenvalue weighted by atomic mass is 32.2. The average Bonchev–Trinajstić information content (AvgIpc) is 3.24. The summed E-state index contributed by atoms with van der Waals surface area (Å²) >= 11 is 1.66. The number of amides is 3. The number of thioether (sulfide) groups is 1. The van der Waals surface area contributed by atoms with Crippen molar-refractivity contribution in [3.8, 4) is 11.5 Å². The molecule has 3 fully saturated rings. The van der Waals surface area contributed by atoms with Crippen molar-refractivity contribution in [1.29, 1.82) is 0 Å². The van der Waals surface area contributed by atoms with Crippen molar-refractivity contribution in [2.45, 2.75) is 44.7 Å². The van der Waals surface area contributed by atoms with E-state index in [1.807, 2.05) is 74.8 Å². The van der Waals surface area contributed by atoms with Gasteiger partial charge in [0.2, 0.25) is 11.8 Å². The number of piperazine rings is 1. The fraction of sp³-hybridized carbons (Fsp3) is 0.500. The van der Waals surface area contributed by atoms with Gasteiger partial charge in [-0.2, -0.15) is 11.8 Å². The maximum atomic E-state index is 14.1. The maximum absolute atomic E-state index is 14.1. The number of benzene rings is 3. The van der Waals surface area contributed by atoms with E-state index in [0.717, 1.165) is 87.8 Å². The normalized spacial score (nSPS) is 18.6. The van der Waals surface area contributed by atoms with Gasteiger partial charge in [-0.3, -0.25) is 29.4 Å². The van der Waals surface area contributed by atoms with Crippen LogP contribution in [0.5, 0.6) is 11.5 Å². The van der Waals surface area contributed by atoms with E-state index in [1.165, 1.54) is 12.8 Å². The van der Waals surface area contributed by atoms with E-state index in [1.54, 1.807) is 29.8 Å². The van der Waals surface area contributed by atoms with Gasteiger partial charge in [0.25, 0.3) is 5.91 Å². The zero-order valence-electron chi connectivity index (χ0n) is 34.3. The summed E-state index contributed by atoms with van der Waals surface area (Å²) in [5.41, 5.74) is 4.62. The molecule has 6 rings (SSSR count). The summed E-state index contributed by atoms with van der Waals surface area (Å²) in [6.45, 7) is 11.2. The molecule has 3 aliphatic rings. The number of rotatable bonds is 18. The number of hydrogen-bond donors (Lipinski definition) is 3. The van der Waals surface area contributed by atoms with E-state index in [2.05, 4.69) is 30.7 Å². The predicted molar refractivity (Wildman–Crippen MR) is 232 cm³/mol. The lowest BCUT2D eigenvalue weighted by molar-refractivity contribution is -0.133. The SMILES string of the molecule is CCOc1cc(C(CSC)N(C)C(=O)c2cc(N3CCN(CC4CCN(CCNc5ccc(NC6CCC(=O)NC6=O)cc5)CC4)CC3)ccc2C=O)ccc1OC. The van der Waals surface area contributed by atoms with Crippen LogP contribution in [0, 0.1) is 5.92 Å². The summed E-state index contributed by atoms with van der Waals surface area (Å²) in [5.74, 6) is 1.98. The van der Waals surface area contributed by atoms with Crippen LogP contribution < -0.4 is 30.3 Å². The number of ether oxygens (including phenoxy) is 2. The van der Waals surface area contributed by atoms with Crippen molar-refractivity contribution < 1.29 is 28.7 Å². The summed E-state index contributed by atoms with van der Waals surface area (Å²) in [6.07, 6.45) is 6.04. The lowest BCUT2D eigenvalue weighted by atomic mass is 9.96. The van der Waals surface area contributed by atoms with E-state index < -0.39 is 0 Å². The minimum atomic E-state index is -0.385. The van der Waals surface area contributed by atoms with Crippen LogP contribution in [0.4, 0.5) is 17.1 Å². The fourth-order valence-corrected chi connectivity index (χ4v) is 8.87. The molecule has 312 valence electrons. The molecule has 0 radical (unpaired) electrons. The van der Waals surface area contributed by atoms with Crippen LogP contribution in [0.15, 0.2) is 60.7 Å². The van der Waals surface area contributed by atoms with E-state index in [-0.39, 0.29) is 29.8 Å². The monoisotopic (exact) mass is 813 g/mol. The first kappa shape index (κ1) is 42.8. The molecule has 3 aromatic rings. The summed E-state index contributed by atoms with van der Waals surface area (Å²) in [5, 5.41) is 9.14. The van der Waals surface area contributed by atoms with Gasteiger partial charge in [0.15, 0.2) is 17.8 Å². The molecule has 14 heteroatoms. The van der Waals surface area contributed by atoms with Gasteiger partial charge in [-0.25, -0.2) is 0 Å². The van der Waals surface area contributed by atoms with Crippen LogP contribution >= 0.6 is 11.8 Å². The Morgan fingerprint density at radius 3 is 2.36 bits per heavy atom. The molecule has 0 bridgehead atoms. The standard InChI is InChI=1S/C44H59N7O6S/c1-5-57-41-26-32(7-14-40(41)56-3)39(30-58-4)48(2)44(55)37-27-36(12-6-33(37)29-52)51-24-22-50(23-25-51)28-31-16-19-49(20-17-31)21-18-45-34-8-10-35(11-9-34)46-38-13-15-42(53)47-43(38)54/h6-12,14,26-27,29,31,38-39,45-46H,5,13,15-25,28,30H2,1-4H3,(H,47,53,54). The van der Waals surface area contributed by atoms with E-state index >= 15 is 0 Å². The first-order valence-corrected chi connectivity index (χ1v) is 21.9. The number of carbonyl (C=O) groups is 4. The lowest BCUT2D eigenvalue weighted by Crippen LogP contribution is -2.49. The molecule has 3 saturated heterocycles. The van der Waals surface area contributed by atoms with Gasteiger partial charge >= 0.3 is 0 Å². The van der Waals surface area contributed by atoms with Crippen molar-refractivity contribution in [2.75, 3.05) is 107 Å². The Hall–Kier alpha value is -4.79. The second kappa shape index (κ2) is 20.8. The van der Waals surface area contributed by atoms with Crippen molar-refractivity contribution in [3.63, 3.8) is 0 Å². The van der Waals surface area contributed by atoms with Crippen LogP contribution in [-0.2, 0) is 9.59 Å². The highest BCUT2D eigenvalue weighted by molar-refractivity contribution is 7.98. The van der Waals surface area contributed by atoms with Crippen LogP contribution in [0.1, 0.15) is 64.9 Å². The number of carbonyl (C=O) groups excluding carboxylic acids is 4. The molecular formula is C44H59N7O6S. The Morgan fingerprint density at radius 2 is 1.69 bits per heavy atom. The van der Waals surface area contributed by atoms with Crippen molar-refractivity contribution >= 4 is 52.8 Å². The van der Waals surface area contributed by atoms with Crippen molar-refractivity contribution in [2.24, 2.45) is 5.92 Å². The quantitative estimate of drug-likeness (QED) is 0.115. The van der Waals surface area contributed by atoms with Crippen molar-refractivity contribution in [1.82, 2.24) is 20.0 Å². The summed E-state index contributed by atoms with van der Waals surface area (Å²) < 4.78 is 11.3. The van der Waals surface area contributed by atoms with Gasteiger partial charge < -0.3 is 34.8 Å². The second-order valence-corrected chi connectivity index (χ2v) is 16.3. The first-order valence-electron chi connectivity index (χ1n) is 20.5. The molecule has 3 heterocycles. The Kier molecular flexibility index (Phi) is 15.3. The maximum Gasteiger partial charge on any atom is 0.254 e. The van der Waals surface area contributed by atoms with Crippen LogP contribution in [0.25, 0.3) is 0 Å². The van der Waals surface area contributed by atoms with E-state index in [0.29, 0.717) is 53.7 Å². The first-order chi connectivity index (χ1) is 28.2. The number of methoxy groups -OCH3 is 1. The van der Waals surface area contributed by atoms with Gasteiger partial charge in [0, 0.05) is 87.7 Å².